The van der Waals surface area contributed by atoms with Crippen molar-refractivity contribution in [3.63, 3.8) is 0 Å². The SMILES string of the molecule is ONC(=Nc1cccc(Br)c1)c1cc(F)c(F)c2nc(NCCN3CCCC3)[nH]c12. The number of halogens is 3. The van der Waals surface area contributed by atoms with Crippen molar-refractivity contribution >= 4 is 44.4 Å². The molecule has 4 rings (SSSR count). The van der Waals surface area contributed by atoms with Gasteiger partial charge in [-0.25, -0.2) is 18.8 Å². The van der Waals surface area contributed by atoms with Gasteiger partial charge < -0.3 is 15.2 Å². The first-order chi connectivity index (χ1) is 14.5. The number of nitrogens with zero attached hydrogens (tertiary/aromatic N) is 3. The van der Waals surface area contributed by atoms with E-state index in [2.05, 4.69) is 41.1 Å². The minimum absolute atomic E-state index is 0.0377. The standard InChI is InChI=1S/C20H21BrF2N6O/c21-12-4-3-5-13(10-12)25-19(28-30)14-11-15(22)16(23)18-17(14)26-20(27-18)24-6-9-29-7-1-2-8-29/h3-5,10-11,30H,1-2,6-9H2,(H,25,28)(H2,24,26,27). The Morgan fingerprint density at radius 3 is 2.80 bits per heavy atom. The molecule has 0 spiro atoms. The number of imidazole rings is 1. The average Bonchev–Trinajstić information content (AvgIpc) is 3.39. The van der Waals surface area contributed by atoms with Crippen LogP contribution < -0.4 is 10.8 Å². The second kappa shape index (κ2) is 9.07. The zero-order chi connectivity index (χ0) is 21.1. The third-order valence-corrected chi connectivity index (χ3v) is 5.48. The zero-order valence-electron chi connectivity index (χ0n) is 16.1. The van der Waals surface area contributed by atoms with Crippen molar-refractivity contribution in [1.82, 2.24) is 20.3 Å². The Bertz CT molecular complexity index is 1080. The number of H-pyrrole nitrogens is 1. The lowest BCUT2D eigenvalue weighted by Gasteiger charge is -2.14. The number of amidine groups is 1. The molecule has 2 aromatic carbocycles. The maximum atomic E-state index is 14.4. The number of benzene rings is 2. The number of aliphatic imine (C=N–C) groups is 1. The van der Waals surface area contributed by atoms with Crippen LogP contribution in [0.5, 0.6) is 0 Å². The number of aromatic amines is 1. The minimum Gasteiger partial charge on any atom is -0.355 e. The van der Waals surface area contributed by atoms with Gasteiger partial charge in [0.15, 0.2) is 17.5 Å². The third-order valence-electron chi connectivity index (χ3n) is 4.99. The number of aromatic nitrogens is 2. The van der Waals surface area contributed by atoms with Gasteiger partial charge in [-0.2, -0.15) is 0 Å². The predicted molar refractivity (Wildman–Crippen MR) is 115 cm³/mol. The molecular formula is C20H21BrF2N6O. The van der Waals surface area contributed by atoms with Gasteiger partial charge in [0.05, 0.1) is 11.2 Å². The summed E-state index contributed by atoms with van der Waals surface area (Å²) in [6.45, 7) is 3.61. The number of anilines is 1. The molecule has 0 atom stereocenters. The molecule has 3 aromatic rings. The van der Waals surface area contributed by atoms with E-state index >= 15 is 0 Å². The fourth-order valence-corrected chi connectivity index (χ4v) is 3.92. The molecular weight excluding hydrogens is 458 g/mol. The monoisotopic (exact) mass is 478 g/mol. The maximum Gasteiger partial charge on any atom is 0.201 e. The molecule has 0 unspecified atom stereocenters. The van der Waals surface area contributed by atoms with Crippen molar-refractivity contribution in [1.29, 1.82) is 0 Å². The first-order valence-electron chi connectivity index (χ1n) is 9.64. The number of hydrogen-bond acceptors (Lipinski definition) is 5. The smallest absolute Gasteiger partial charge is 0.201 e. The number of hydroxylamine groups is 1. The van der Waals surface area contributed by atoms with Crippen LogP contribution in [0.3, 0.4) is 0 Å². The summed E-state index contributed by atoms with van der Waals surface area (Å²) in [5, 5.41) is 12.8. The summed E-state index contributed by atoms with van der Waals surface area (Å²) in [6, 6.07) is 8.03. The number of likely N-dealkylation sites (tertiary alicyclic amines) is 1. The first kappa shape index (κ1) is 20.7. The Labute approximate surface area is 180 Å². The third kappa shape index (κ3) is 4.45. The minimum atomic E-state index is -1.08. The van der Waals surface area contributed by atoms with Crippen LogP contribution in [0.1, 0.15) is 18.4 Å². The topological polar surface area (TPSA) is 88.6 Å². The fourth-order valence-electron chi connectivity index (χ4n) is 3.53. The highest BCUT2D eigenvalue weighted by Crippen LogP contribution is 2.26. The first-order valence-corrected chi connectivity index (χ1v) is 10.4. The molecule has 2 heterocycles. The molecule has 1 aliphatic heterocycles. The lowest BCUT2D eigenvalue weighted by molar-refractivity contribution is 0.235. The molecule has 1 aliphatic rings. The van der Waals surface area contributed by atoms with E-state index in [4.69, 9.17) is 0 Å². The van der Waals surface area contributed by atoms with E-state index in [1.807, 2.05) is 11.5 Å². The van der Waals surface area contributed by atoms with E-state index in [9.17, 15) is 14.0 Å². The van der Waals surface area contributed by atoms with Gasteiger partial charge in [0.25, 0.3) is 0 Å². The molecule has 1 fully saturated rings. The lowest BCUT2D eigenvalue weighted by Crippen LogP contribution is -2.26. The molecule has 0 amide bonds. The van der Waals surface area contributed by atoms with Crippen LogP contribution in [0.2, 0.25) is 0 Å². The van der Waals surface area contributed by atoms with E-state index in [0.717, 1.165) is 30.2 Å². The van der Waals surface area contributed by atoms with E-state index < -0.39 is 11.6 Å². The molecule has 0 aliphatic carbocycles. The average molecular weight is 479 g/mol. The van der Waals surface area contributed by atoms with Crippen molar-refractivity contribution in [3.8, 4) is 0 Å². The summed E-state index contributed by atoms with van der Waals surface area (Å²) in [7, 11) is 0. The molecule has 0 saturated carbocycles. The second-order valence-electron chi connectivity index (χ2n) is 7.06. The van der Waals surface area contributed by atoms with Gasteiger partial charge in [-0.1, -0.05) is 22.0 Å². The Balaban J connectivity index is 1.66. The van der Waals surface area contributed by atoms with Crippen LogP contribution in [0, 0.1) is 11.6 Å². The number of hydrogen-bond donors (Lipinski definition) is 4. The summed E-state index contributed by atoms with van der Waals surface area (Å²) < 4.78 is 29.4. The van der Waals surface area contributed by atoms with Gasteiger partial charge in [-0.05, 0) is 50.2 Å². The number of rotatable bonds is 6. The quantitative estimate of drug-likeness (QED) is 0.242. The highest BCUT2D eigenvalue weighted by molar-refractivity contribution is 9.10. The van der Waals surface area contributed by atoms with Crippen molar-refractivity contribution in [2.24, 2.45) is 4.99 Å². The lowest BCUT2D eigenvalue weighted by atomic mass is 10.1. The van der Waals surface area contributed by atoms with Crippen molar-refractivity contribution < 1.29 is 14.0 Å². The van der Waals surface area contributed by atoms with Crippen LogP contribution >= 0.6 is 15.9 Å². The van der Waals surface area contributed by atoms with Gasteiger partial charge in [-0.15, -0.1) is 0 Å². The van der Waals surface area contributed by atoms with Gasteiger partial charge in [0.1, 0.15) is 5.52 Å². The van der Waals surface area contributed by atoms with Crippen LogP contribution in [0.4, 0.5) is 20.4 Å². The summed E-state index contributed by atoms with van der Waals surface area (Å²) in [6.07, 6.45) is 2.40. The summed E-state index contributed by atoms with van der Waals surface area (Å²) in [5.74, 6) is -1.85. The van der Waals surface area contributed by atoms with Crippen molar-refractivity contribution in [3.05, 3.63) is 52.0 Å². The zero-order valence-corrected chi connectivity index (χ0v) is 17.6. The van der Waals surface area contributed by atoms with E-state index in [-0.39, 0.29) is 22.4 Å². The molecule has 158 valence electrons. The Morgan fingerprint density at radius 1 is 1.27 bits per heavy atom. The van der Waals surface area contributed by atoms with Gasteiger partial charge in [0.2, 0.25) is 5.95 Å². The highest BCUT2D eigenvalue weighted by Gasteiger charge is 2.20. The molecule has 0 bridgehead atoms. The summed E-state index contributed by atoms with van der Waals surface area (Å²) in [5.41, 5.74) is 2.73. The number of nitrogens with one attached hydrogen (secondary N) is 3. The van der Waals surface area contributed by atoms with Gasteiger partial charge in [0, 0.05) is 23.1 Å². The van der Waals surface area contributed by atoms with Crippen LogP contribution in [0.15, 0.2) is 39.8 Å². The normalized spacial score (nSPS) is 15.1. The van der Waals surface area contributed by atoms with Gasteiger partial charge >= 0.3 is 0 Å². The van der Waals surface area contributed by atoms with Crippen molar-refractivity contribution in [2.75, 3.05) is 31.5 Å². The van der Waals surface area contributed by atoms with E-state index in [1.165, 1.54) is 12.8 Å². The largest absolute Gasteiger partial charge is 0.355 e. The fraction of sp³-hybridized carbons (Fsp3) is 0.300. The summed E-state index contributed by atoms with van der Waals surface area (Å²) in [4.78, 5) is 13.8. The molecule has 1 aromatic heterocycles. The second-order valence-corrected chi connectivity index (χ2v) is 7.97. The van der Waals surface area contributed by atoms with Gasteiger partial charge in [-0.3, -0.25) is 10.7 Å². The van der Waals surface area contributed by atoms with Crippen LogP contribution in [-0.2, 0) is 0 Å². The summed E-state index contributed by atoms with van der Waals surface area (Å²) >= 11 is 3.35. The molecule has 0 radical (unpaired) electrons. The van der Waals surface area contributed by atoms with E-state index in [0.29, 0.717) is 18.2 Å². The predicted octanol–water partition coefficient (Wildman–Crippen LogP) is 4.17. The molecule has 4 N–H and O–H groups in total. The molecule has 10 heteroatoms. The molecule has 30 heavy (non-hydrogen) atoms. The van der Waals surface area contributed by atoms with E-state index in [1.54, 1.807) is 18.2 Å². The Hall–Kier alpha value is -2.56. The van der Waals surface area contributed by atoms with Crippen LogP contribution in [-0.4, -0.2) is 52.1 Å². The Morgan fingerprint density at radius 2 is 2.07 bits per heavy atom. The van der Waals surface area contributed by atoms with Crippen molar-refractivity contribution in [2.45, 2.75) is 12.8 Å². The molecule has 7 nitrogen and oxygen atoms in total. The van der Waals surface area contributed by atoms with Crippen LogP contribution in [0.25, 0.3) is 11.0 Å². The number of fused-ring (bicyclic) bond motifs is 1. The molecule has 1 saturated heterocycles. The Kier molecular flexibility index (Phi) is 6.26. The highest BCUT2D eigenvalue weighted by atomic mass is 79.9. The maximum absolute atomic E-state index is 14.4.